The molecule has 2 aromatic heterocycles. The molecule has 0 radical (unpaired) electrons. The van der Waals surface area contributed by atoms with Crippen LogP contribution >= 0.6 is 0 Å². The Balaban J connectivity index is 1.20. The molecule has 1 aliphatic rings. The van der Waals surface area contributed by atoms with E-state index >= 15 is 0 Å². The van der Waals surface area contributed by atoms with Crippen molar-refractivity contribution in [1.82, 2.24) is 25.5 Å². The van der Waals surface area contributed by atoms with Crippen LogP contribution in [0.4, 0.5) is 0 Å². The summed E-state index contributed by atoms with van der Waals surface area (Å²) in [6.45, 7) is 0.696. The summed E-state index contributed by atoms with van der Waals surface area (Å²) in [6, 6.07) is 7.19. The van der Waals surface area contributed by atoms with Crippen molar-refractivity contribution < 1.29 is 14.3 Å². The molecule has 2 N–H and O–H groups in total. The second-order valence-corrected chi connectivity index (χ2v) is 7.35. The van der Waals surface area contributed by atoms with Gasteiger partial charge in [0.2, 0.25) is 0 Å². The fraction of sp³-hybridized carbons (Fsp3) is 0.429. The number of methoxy groups -OCH3 is 1. The van der Waals surface area contributed by atoms with Crippen molar-refractivity contribution in [2.45, 2.75) is 31.6 Å². The van der Waals surface area contributed by atoms with Crippen LogP contribution in [0.1, 0.15) is 37.3 Å². The number of nitrogens with zero attached hydrogens (tertiary/aromatic N) is 3. The molecule has 4 rings (SSSR count). The summed E-state index contributed by atoms with van der Waals surface area (Å²) in [5.41, 5.74) is 2.64. The number of H-pyrrole nitrogens is 1. The van der Waals surface area contributed by atoms with E-state index in [9.17, 15) is 4.79 Å². The first kappa shape index (κ1) is 19.2. The molecule has 0 aliphatic heterocycles. The molecule has 152 valence electrons. The highest BCUT2D eigenvalue weighted by molar-refractivity contribution is 5.77. The van der Waals surface area contributed by atoms with Gasteiger partial charge in [0, 0.05) is 24.9 Å². The maximum absolute atomic E-state index is 12.1. The van der Waals surface area contributed by atoms with E-state index in [1.165, 1.54) is 0 Å². The van der Waals surface area contributed by atoms with Gasteiger partial charge in [0.25, 0.3) is 5.91 Å². The first-order valence-corrected chi connectivity index (χ1v) is 9.91. The lowest BCUT2D eigenvalue weighted by atomic mass is 9.80. The molecule has 8 heteroatoms. The average Bonchev–Trinajstić information content (AvgIpc) is 3.21. The minimum atomic E-state index is -0.0993. The van der Waals surface area contributed by atoms with Crippen LogP contribution in [0.5, 0.6) is 11.5 Å². The topological polar surface area (TPSA) is 102 Å². The van der Waals surface area contributed by atoms with Crippen molar-refractivity contribution in [1.29, 1.82) is 0 Å². The van der Waals surface area contributed by atoms with E-state index in [0.29, 0.717) is 29.8 Å². The Morgan fingerprint density at radius 1 is 1.10 bits per heavy atom. The second-order valence-electron chi connectivity index (χ2n) is 7.35. The highest BCUT2D eigenvalue weighted by Gasteiger charge is 2.26. The number of fused-ring (bicyclic) bond motifs is 1. The molecule has 3 aromatic rings. The number of amides is 1. The Labute approximate surface area is 169 Å². The minimum absolute atomic E-state index is 0.0144. The van der Waals surface area contributed by atoms with Gasteiger partial charge in [-0.2, -0.15) is 5.10 Å². The number of carbonyl (C=O) groups is 1. The van der Waals surface area contributed by atoms with Crippen LogP contribution in [0.15, 0.2) is 36.7 Å². The minimum Gasteiger partial charge on any atom is -0.497 e. The molecule has 0 unspecified atom stereocenters. The summed E-state index contributed by atoms with van der Waals surface area (Å²) in [4.78, 5) is 20.7. The van der Waals surface area contributed by atoms with Crippen LogP contribution in [0.25, 0.3) is 11.2 Å². The molecule has 1 saturated carbocycles. The molecular formula is C21H25N5O3. The Kier molecular flexibility index (Phi) is 5.88. The highest BCUT2D eigenvalue weighted by atomic mass is 16.5. The van der Waals surface area contributed by atoms with Gasteiger partial charge in [0.05, 0.1) is 12.8 Å². The Morgan fingerprint density at radius 2 is 1.83 bits per heavy atom. The van der Waals surface area contributed by atoms with Gasteiger partial charge < -0.3 is 14.8 Å². The van der Waals surface area contributed by atoms with Crippen LogP contribution in [-0.2, 0) is 4.79 Å². The lowest BCUT2D eigenvalue weighted by Crippen LogP contribution is -2.34. The summed E-state index contributed by atoms with van der Waals surface area (Å²) in [7, 11) is 1.61. The SMILES string of the molecule is COc1ccc(OCC(=O)NCC2CCC(c3[nH]nc4nccnc34)CC2)cc1. The zero-order valence-electron chi connectivity index (χ0n) is 16.4. The summed E-state index contributed by atoms with van der Waals surface area (Å²) >= 11 is 0. The molecule has 0 atom stereocenters. The van der Waals surface area contributed by atoms with Crippen LogP contribution < -0.4 is 14.8 Å². The van der Waals surface area contributed by atoms with Crippen LogP contribution in [0.2, 0.25) is 0 Å². The Bertz CT molecular complexity index is 948. The predicted molar refractivity (Wildman–Crippen MR) is 108 cm³/mol. The van der Waals surface area contributed by atoms with E-state index < -0.39 is 0 Å². The largest absolute Gasteiger partial charge is 0.497 e. The van der Waals surface area contributed by atoms with Gasteiger partial charge in [-0.15, -0.1) is 0 Å². The Morgan fingerprint density at radius 3 is 2.59 bits per heavy atom. The second kappa shape index (κ2) is 8.89. The van der Waals surface area contributed by atoms with E-state index in [1.54, 1.807) is 43.8 Å². The predicted octanol–water partition coefficient (Wildman–Crippen LogP) is 2.83. The molecular weight excluding hydrogens is 370 g/mol. The first-order valence-electron chi connectivity index (χ1n) is 9.91. The summed E-state index contributed by atoms with van der Waals surface area (Å²) in [6.07, 6.45) is 7.59. The van der Waals surface area contributed by atoms with Gasteiger partial charge in [-0.25, -0.2) is 9.97 Å². The molecule has 8 nitrogen and oxygen atoms in total. The number of aromatic amines is 1. The van der Waals surface area contributed by atoms with Gasteiger partial charge in [-0.05, 0) is 55.9 Å². The molecule has 1 aromatic carbocycles. The first-order chi connectivity index (χ1) is 14.2. The van der Waals surface area contributed by atoms with Crippen molar-refractivity contribution >= 4 is 17.1 Å². The fourth-order valence-corrected chi connectivity index (χ4v) is 3.84. The van der Waals surface area contributed by atoms with Crippen LogP contribution in [0.3, 0.4) is 0 Å². The van der Waals surface area contributed by atoms with Gasteiger partial charge in [0.1, 0.15) is 17.0 Å². The van der Waals surface area contributed by atoms with Crippen molar-refractivity contribution in [3.8, 4) is 11.5 Å². The summed E-state index contributed by atoms with van der Waals surface area (Å²) in [5, 5.41) is 10.4. The van der Waals surface area contributed by atoms with Crippen LogP contribution in [-0.4, -0.2) is 46.3 Å². The van der Waals surface area contributed by atoms with Crippen molar-refractivity contribution in [2.24, 2.45) is 5.92 Å². The highest BCUT2D eigenvalue weighted by Crippen LogP contribution is 2.36. The van der Waals surface area contributed by atoms with Gasteiger partial charge in [0.15, 0.2) is 12.3 Å². The molecule has 1 fully saturated rings. The number of rotatable bonds is 7. The maximum Gasteiger partial charge on any atom is 0.257 e. The maximum atomic E-state index is 12.1. The van der Waals surface area contributed by atoms with Crippen molar-refractivity contribution in [3.05, 3.63) is 42.4 Å². The van der Waals surface area contributed by atoms with E-state index in [-0.39, 0.29) is 12.5 Å². The number of carbonyl (C=O) groups excluding carboxylic acids is 1. The van der Waals surface area contributed by atoms with E-state index in [2.05, 4.69) is 25.5 Å². The standard InChI is InChI=1S/C21H25N5O3/c1-28-16-6-8-17(9-7-16)29-13-18(27)24-12-14-2-4-15(5-3-14)19-20-21(26-25-19)23-11-10-22-20/h6-11,14-15H,2-5,12-13H2,1H3,(H,24,27)(H,23,25,26). The Hall–Kier alpha value is -3.16. The van der Waals surface area contributed by atoms with Crippen molar-refractivity contribution in [3.63, 3.8) is 0 Å². The van der Waals surface area contributed by atoms with Gasteiger partial charge in [-0.3, -0.25) is 9.89 Å². The molecule has 1 amide bonds. The number of hydrogen-bond acceptors (Lipinski definition) is 6. The van der Waals surface area contributed by atoms with Gasteiger partial charge >= 0.3 is 0 Å². The smallest absolute Gasteiger partial charge is 0.257 e. The molecule has 1 aliphatic carbocycles. The molecule has 29 heavy (non-hydrogen) atoms. The number of aromatic nitrogens is 4. The van der Waals surface area contributed by atoms with Gasteiger partial charge in [-0.1, -0.05) is 0 Å². The van der Waals surface area contributed by atoms with E-state index in [4.69, 9.17) is 9.47 Å². The quantitative estimate of drug-likeness (QED) is 0.638. The number of benzene rings is 1. The number of nitrogens with one attached hydrogen (secondary N) is 2. The fourth-order valence-electron chi connectivity index (χ4n) is 3.84. The summed E-state index contributed by atoms with van der Waals surface area (Å²) < 4.78 is 10.6. The normalized spacial score (nSPS) is 19.1. The van der Waals surface area contributed by atoms with E-state index in [0.717, 1.165) is 42.6 Å². The number of ether oxygens (including phenoxy) is 2. The number of hydrogen-bond donors (Lipinski definition) is 2. The van der Waals surface area contributed by atoms with Crippen LogP contribution in [0, 0.1) is 5.92 Å². The van der Waals surface area contributed by atoms with Crippen molar-refractivity contribution in [2.75, 3.05) is 20.3 Å². The third kappa shape index (κ3) is 4.64. The average molecular weight is 395 g/mol. The lowest BCUT2D eigenvalue weighted by Gasteiger charge is -2.28. The molecule has 0 saturated heterocycles. The third-order valence-electron chi connectivity index (χ3n) is 5.49. The molecule has 2 heterocycles. The van der Waals surface area contributed by atoms with E-state index in [1.807, 2.05) is 0 Å². The summed E-state index contributed by atoms with van der Waals surface area (Å²) in [5.74, 6) is 2.21. The monoisotopic (exact) mass is 395 g/mol. The zero-order valence-corrected chi connectivity index (χ0v) is 16.4. The zero-order chi connectivity index (χ0) is 20.1. The third-order valence-corrected chi connectivity index (χ3v) is 5.49. The molecule has 0 spiro atoms. The lowest BCUT2D eigenvalue weighted by molar-refractivity contribution is -0.123. The molecule has 0 bridgehead atoms.